The van der Waals surface area contributed by atoms with Crippen LogP contribution in [0.3, 0.4) is 0 Å². The number of aromatic amines is 2. The fraction of sp³-hybridized carbons (Fsp3) is 0.389. The topological polar surface area (TPSA) is 86.9 Å². The van der Waals surface area contributed by atoms with Crippen LogP contribution in [0.25, 0.3) is 10.9 Å². The molecule has 1 aromatic carbocycles. The highest BCUT2D eigenvalue weighted by atomic mass is 16.5. The maximum Gasteiger partial charge on any atom is 0.271 e. The molecule has 2 N–H and O–H groups in total. The SMILES string of the molecule is CO[C@@H]1C[C@@H](c2ncn[nH]2)N(C(=O)c2cc3c(C)cc(C)cc3[nH]2)C1. The Labute approximate surface area is 145 Å². The molecule has 1 fully saturated rings. The summed E-state index contributed by atoms with van der Waals surface area (Å²) in [5.41, 5.74) is 3.91. The van der Waals surface area contributed by atoms with Gasteiger partial charge in [0.2, 0.25) is 0 Å². The Morgan fingerprint density at radius 1 is 1.32 bits per heavy atom. The Bertz CT molecular complexity index is 915. The van der Waals surface area contributed by atoms with Crippen LogP contribution >= 0.6 is 0 Å². The van der Waals surface area contributed by atoms with Crippen LogP contribution in [-0.2, 0) is 4.74 Å². The number of H-pyrrole nitrogens is 2. The smallest absolute Gasteiger partial charge is 0.271 e. The van der Waals surface area contributed by atoms with Gasteiger partial charge in [-0.05, 0) is 37.1 Å². The minimum absolute atomic E-state index is 0.00703. The Morgan fingerprint density at radius 3 is 2.88 bits per heavy atom. The molecule has 3 heterocycles. The number of hydrogen-bond donors (Lipinski definition) is 2. The molecule has 0 spiro atoms. The van der Waals surface area contributed by atoms with E-state index in [0.717, 1.165) is 16.5 Å². The third-order valence-electron chi connectivity index (χ3n) is 4.93. The van der Waals surface area contributed by atoms with E-state index in [4.69, 9.17) is 4.74 Å². The van der Waals surface area contributed by atoms with Gasteiger partial charge in [0.1, 0.15) is 17.8 Å². The number of benzene rings is 1. The Kier molecular flexibility index (Phi) is 3.80. The molecule has 3 aromatic rings. The van der Waals surface area contributed by atoms with Gasteiger partial charge in [0.15, 0.2) is 0 Å². The molecular formula is C18H21N5O2. The fourth-order valence-electron chi connectivity index (χ4n) is 3.70. The molecule has 2 atom stereocenters. The minimum Gasteiger partial charge on any atom is -0.380 e. The predicted molar refractivity (Wildman–Crippen MR) is 93.3 cm³/mol. The summed E-state index contributed by atoms with van der Waals surface area (Å²) in [6.07, 6.45) is 2.16. The van der Waals surface area contributed by atoms with E-state index in [2.05, 4.69) is 46.1 Å². The summed E-state index contributed by atoms with van der Waals surface area (Å²) in [6, 6.07) is 5.96. The maximum absolute atomic E-state index is 13.2. The molecule has 0 unspecified atom stereocenters. The number of nitrogens with one attached hydrogen (secondary N) is 2. The lowest BCUT2D eigenvalue weighted by Crippen LogP contribution is -2.32. The van der Waals surface area contributed by atoms with Crippen molar-refractivity contribution in [3.05, 3.63) is 47.2 Å². The van der Waals surface area contributed by atoms with Crippen LogP contribution in [-0.4, -0.2) is 50.7 Å². The van der Waals surface area contributed by atoms with Crippen molar-refractivity contribution in [1.82, 2.24) is 25.1 Å². The van der Waals surface area contributed by atoms with E-state index in [1.54, 1.807) is 7.11 Å². The molecule has 1 aliphatic heterocycles. The predicted octanol–water partition coefficient (Wildman–Crippen LogP) is 2.51. The van der Waals surface area contributed by atoms with Crippen LogP contribution in [0.1, 0.15) is 39.9 Å². The normalized spacial score (nSPS) is 20.5. The highest BCUT2D eigenvalue weighted by Gasteiger charge is 2.38. The van der Waals surface area contributed by atoms with Crippen LogP contribution in [0.5, 0.6) is 0 Å². The van der Waals surface area contributed by atoms with E-state index >= 15 is 0 Å². The van der Waals surface area contributed by atoms with Crippen LogP contribution in [0, 0.1) is 13.8 Å². The van der Waals surface area contributed by atoms with Crippen LogP contribution in [0.2, 0.25) is 0 Å². The average Bonchev–Trinajstić information content (AvgIpc) is 3.31. The largest absolute Gasteiger partial charge is 0.380 e. The highest BCUT2D eigenvalue weighted by Crippen LogP contribution is 2.33. The summed E-state index contributed by atoms with van der Waals surface area (Å²) in [5.74, 6) is 0.644. The van der Waals surface area contributed by atoms with Gasteiger partial charge >= 0.3 is 0 Å². The molecule has 0 bridgehead atoms. The number of rotatable bonds is 3. The third-order valence-corrected chi connectivity index (χ3v) is 4.93. The molecule has 0 aliphatic carbocycles. The molecule has 25 heavy (non-hydrogen) atoms. The molecule has 1 aliphatic rings. The number of fused-ring (bicyclic) bond motifs is 1. The van der Waals surface area contributed by atoms with Gasteiger partial charge < -0.3 is 14.6 Å². The number of carbonyl (C=O) groups is 1. The number of aryl methyl sites for hydroxylation is 2. The Hall–Kier alpha value is -2.67. The van der Waals surface area contributed by atoms with Crippen LogP contribution in [0.15, 0.2) is 24.5 Å². The zero-order valence-corrected chi connectivity index (χ0v) is 14.5. The van der Waals surface area contributed by atoms with Gasteiger partial charge in [0, 0.05) is 31.0 Å². The van der Waals surface area contributed by atoms with E-state index in [-0.39, 0.29) is 18.1 Å². The number of carbonyl (C=O) groups excluding carboxylic acids is 1. The lowest BCUT2D eigenvalue weighted by molar-refractivity contribution is 0.0679. The van der Waals surface area contributed by atoms with Gasteiger partial charge in [0.05, 0.1) is 12.1 Å². The summed E-state index contributed by atoms with van der Waals surface area (Å²) >= 11 is 0. The van der Waals surface area contributed by atoms with Gasteiger partial charge in [-0.2, -0.15) is 5.10 Å². The summed E-state index contributed by atoms with van der Waals surface area (Å²) in [7, 11) is 1.67. The van der Waals surface area contributed by atoms with Gasteiger partial charge in [-0.3, -0.25) is 9.89 Å². The molecule has 1 amide bonds. The summed E-state index contributed by atoms with van der Waals surface area (Å²) < 4.78 is 5.48. The van der Waals surface area contributed by atoms with Gasteiger partial charge in [-0.25, -0.2) is 4.98 Å². The van der Waals surface area contributed by atoms with Crippen molar-refractivity contribution in [3.8, 4) is 0 Å². The molecule has 7 nitrogen and oxygen atoms in total. The summed E-state index contributed by atoms with van der Waals surface area (Å²) in [6.45, 7) is 4.65. The van der Waals surface area contributed by atoms with Crippen LogP contribution in [0.4, 0.5) is 0 Å². The number of methoxy groups -OCH3 is 1. The molecular weight excluding hydrogens is 318 g/mol. The lowest BCUT2D eigenvalue weighted by atomic mass is 10.1. The molecule has 2 aromatic heterocycles. The number of nitrogens with zero attached hydrogens (tertiary/aromatic N) is 3. The van der Waals surface area contributed by atoms with E-state index < -0.39 is 0 Å². The number of ether oxygens (including phenoxy) is 1. The Morgan fingerprint density at radius 2 is 2.16 bits per heavy atom. The first kappa shape index (κ1) is 15.8. The van der Waals surface area contributed by atoms with Crippen molar-refractivity contribution in [1.29, 1.82) is 0 Å². The number of hydrogen-bond acceptors (Lipinski definition) is 4. The lowest BCUT2D eigenvalue weighted by Gasteiger charge is -2.21. The minimum atomic E-state index is -0.158. The number of likely N-dealkylation sites (tertiary alicyclic amines) is 1. The maximum atomic E-state index is 13.2. The van der Waals surface area contributed by atoms with Crippen molar-refractivity contribution in [2.45, 2.75) is 32.4 Å². The second-order valence-corrected chi connectivity index (χ2v) is 6.66. The van der Waals surface area contributed by atoms with E-state index in [1.807, 2.05) is 11.0 Å². The molecule has 0 saturated carbocycles. The first-order valence-electron chi connectivity index (χ1n) is 8.36. The van der Waals surface area contributed by atoms with E-state index in [1.165, 1.54) is 11.9 Å². The fourth-order valence-corrected chi connectivity index (χ4v) is 3.70. The molecule has 4 rings (SSSR count). The number of aromatic nitrogens is 4. The second-order valence-electron chi connectivity index (χ2n) is 6.66. The van der Waals surface area contributed by atoms with Crippen LogP contribution < -0.4 is 0 Å². The third kappa shape index (κ3) is 2.70. The first-order valence-corrected chi connectivity index (χ1v) is 8.36. The van der Waals surface area contributed by atoms with E-state index in [9.17, 15) is 4.79 Å². The standard InChI is InChI=1S/C18H21N5O2/c1-10-4-11(2)13-7-15(21-14(13)5-10)18(24)23-8-12(25-3)6-16(23)17-19-9-20-22-17/h4-5,7,9,12,16,21H,6,8H2,1-3H3,(H,19,20,22)/t12-,16+/m1/s1. The first-order chi connectivity index (χ1) is 12.1. The van der Waals surface area contributed by atoms with Crippen molar-refractivity contribution in [2.75, 3.05) is 13.7 Å². The monoisotopic (exact) mass is 339 g/mol. The quantitative estimate of drug-likeness (QED) is 0.767. The van der Waals surface area contributed by atoms with Gasteiger partial charge in [-0.1, -0.05) is 6.07 Å². The highest BCUT2D eigenvalue weighted by molar-refractivity contribution is 5.99. The number of amides is 1. The van der Waals surface area contributed by atoms with Crippen molar-refractivity contribution in [3.63, 3.8) is 0 Å². The molecule has 130 valence electrons. The summed E-state index contributed by atoms with van der Waals surface area (Å²) in [4.78, 5) is 22.5. The molecule has 0 radical (unpaired) electrons. The van der Waals surface area contributed by atoms with Crippen molar-refractivity contribution < 1.29 is 9.53 Å². The molecule has 7 heteroatoms. The van der Waals surface area contributed by atoms with Gasteiger partial charge in [-0.15, -0.1) is 0 Å². The zero-order chi connectivity index (χ0) is 17.6. The van der Waals surface area contributed by atoms with E-state index in [0.29, 0.717) is 24.5 Å². The van der Waals surface area contributed by atoms with Gasteiger partial charge in [0.25, 0.3) is 5.91 Å². The molecule has 1 saturated heterocycles. The average molecular weight is 339 g/mol. The Balaban J connectivity index is 1.70. The van der Waals surface area contributed by atoms with Crippen molar-refractivity contribution >= 4 is 16.8 Å². The zero-order valence-electron chi connectivity index (χ0n) is 14.5. The second kappa shape index (κ2) is 6.00. The van der Waals surface area contributed by atoms with Crippen molar-refractivity contribution in [2.24, 2.45) is 0 Å². The summed E-state index contributed by atoms with van der Waals surface area (Å²) in [5, 5.41) is 7.88.